The average Bonchev–Trinajstić information content (AvgIpc) is 2.91. The number of phenols is 2. The topological polar surface area (TPSA) is 148 Å². The highest BCUT2D eigenvalue weighted by Gasteiger charge is 2.21. The Morgan fingerprint density at radius 2 is 1.62 bits per heavy atom. The molecule has 0 bridgehead atoms. The maximum atomic E-state index is 12.8. The number of phenolic OH excluding ortho intramolecular Hbond substituents is 2. The number of hydrogen-bond acceptors (Lipinski definition) is 7. The molecular weight excluding hydrogens is 554 g/mol. The van der Waals surface area contributed by atoms with Gasteiger partial charge in [-0.05, 0) is 65.9 Å². The van der Waals surface area contributed by atoms with Crippen molar-refractivity contribution in [2.45, 2.75) is 44.9 Å². The number of carbonyl (C=O) groups excluding carboxylic acids is 1. The molecule has 42 heavy (non-hydrogen) atoms. The van der Waals surface area contributed by atoms with Crippen LogP contribution in [-0.4, -0.2) is 48.0 Å². The van der Waals surface area contributed by atoms with Gasteiger partial charge in [0.2, 0.25) is 15.9 Å². The number of rotatable bonds is 12. The van der Waals surface area contributed by atoms with E-state index in [0.717, 1.165) is 28.2 Å². The summed E-state index contributed by atoms with van der Waals surface area (Å²) >= 11 is 0. The third-order valence-electron chi connectivity index (χ3n) is 6.96. The quantitative estimate of drug-likeness (QED) is 0.136. The van der Waals surface area contributed by atoms with Gasteiger partial charge in [-0.25, -0.2) is 8.42 Å². The smallest absolute Gasteiger partial charge is 0.229 e. The summed E-state index contributed by atoms with van der Waals surface area (Å²) in [6.45, 7) is 4.42. The molecule has 0 heterocycles. The Labute approximate surface area is 246 Å². The first-order valence-corrected chi connectivity index (χ1v) is 15.5. The molecule has 0 aliphatic heterocycles. The molecule has 4 aromatic carbocycles. The number of aliphatic hydroxyl groups excluding tert-OH is 1. The number of amides is 1. The number of carbonyl (C=O) groups is 1. The highest BCUT2D eigenvalue weighted by Crippen LogP contribution is 2.29. The van der Waals surface area contributed by atoms with E-state index >= 15 is 0 Å². The SMILES string of the molecule is CC(C)(Cc1cccc(CC(=O)NCc2c(O)ccc3ccccc23)c1)NC[C@H](O)c1ccc(O)c(NS(C)(=O)=O)c1. The zero-order chi connectivity index (χ0) is 30.5. The standard InChI is InChI=1S/C32H37N3O6S/c1-32(2,34-20-30(38)24-12-14-29(37)27(17-24)35-42(3,40)41)18-22-8-6-7-21(15-22)16-31(39)33-19-26-25-10-5-4-9-23(25)11-13-28(26)36/h4-15,17,30,34-38H,16,18-20H2,1-3H3,(H,33,39)/t30-/m0/s1. The summed E-state index contributed by atoms with van der Waals surface area (Å²) in [5.41, 5.74) is 2.59. The lowest BCUT2D eigenvalue weighted by Crippen LogP contribution is -2.43. The Kier molecular flexibility index (Phi) is 9.40. The largest absolute Gasteiger partial charge is 0.508 e. The van der Waals surface area contributed by atoms with Crippen LogP contribution < -0.4 is 15.4 Å². The van der Waals surface area contributed by atoms with Gasteiger partial charge < -0.3 is 26.0 Å². The van der Waals surface area contributed by atoms with E-state index in [1.165, 1.54) is 18.2 Å². The molecule has 9 nitrogen and oxygen atoms in total. The van der Waals surface area contributed by atoms with Gasteiger partial charge in [-0.1, -0.05) is 60.7 Å². The van der Waals surface area contributed by atoms with E-state index in [-0.39, 0.29) is 42.6 Å². The van der Waals surface area contributed by atoms with Gasteiger partial charge in [-0.2, -0.15) is 0 Å². The first-order chi connectivity index (χ1) is 19.8. The fraction of sp³-hybridized carbons (Fsp3) is 0.281. The van der Waals surface area contributed by atoms with Crippen molar-refractivity contribution < 1.29 is 28.5 Å². The van der Waals surface area contributed by atoms with Crippen molar-refractivity contribution in [3.63, 3.8) is 0 Å². The first kappa shape index (κ1) is 30.8. The zero-order valence-corrected chi connectivity index (χ0v) is 24.7. The van der Waals surface area contributed by atoms with Gasteiger partial charge in [0.1, 0.15) is 11.5 Å². The monoisotopic (exact) mass is 591 g/mol. The van der Waals surface area contributed by atoms with Gasteiger partial charge >= 0.3 is 0 Å². The van der Waals surface area contributed by atoms with E-state index < -0.39 is 21.7 Å². The molecule has 0 aliphatic rings. The van der Waals surface area contributed by atoms with Crippen LogP contribution in [0.25, 0.3) is 10.8 Å². The molecule has 0 aromatic heterocycles. The normalized spacial score (nSPS) is 12.7. The van der Waals surface area contributed by atoms with E-state index in [0.29, 0.717) is 17.5 Å². The summed E-state index contributed by atoms with van der Waals surface area (Å²) < 4.78 is 25.4. The van der Waals surface area contributed by atoms with E-state index in [9.17, 15) is 28.5 Å². The third kappa shape index (κ3) is 8.45. The molecule has 0 aliphatic carbocycles. The molecule has 1 amide bonds. The van der Waals surface area contributed by atoms with E-state index in [1.807, 2.05) is 68.4 Å². The molecule has 0 saturated heterocycles. The Hall–Kier alpha value is -4.12. The van der Waals surface area contributed by atoms with Crippen LogP contribution in [0.2, 0.25) is 0 Å². The summed E-state index contributed by atoms with van der Waals surface area (Å²) in [6, 6.07) is 23.3. The maximum absolute atomic E-state index is 12.8. The number of nitrogens with one attached hydrogen (secondary N) is 3. The van der Waals surface area contributed by atoms with Gasteiger partial charge in [0.05, 0.1) is 24.5 Å². The lowest BCUT2D eigenvalue weighted by molar-refractivity contribution is -0.120. The summed E-state index contributed by atoms with van der Waals surface area (Å²) in [6.07, 6.45) is 0.854. The van der Waals surface area contributed by atoms with Crippen LogP contribution in [0.1, 0.15) is 42.2 Å². The molecule has 6 N–H and O–H groups in total. The number of benzene rings is 4. The van der Waals surface area contributed by atoms with Crippen LogP contribution in [0.15, 0.2) is 78.9 Å². The summed E-state index contributed by atoms with van der Waals surface area (Å²) in [4.78, 5) is 12.8. The van der Waals surface area contributed by atoms with Gasteiger partial charge in [0.15, 0.2) is 0 Å². The first-order valence-electron chi connectivity index (χ1n) is 13.6. The molecule has 0 fully saturated rings. The minimum Gasteiger partial charge on any atom is -0.508 e. The minimum atomic E-state index is -3.59. The molecular formula is C32H37N3O6S. The van der Waals surface area contributed by atoms with Gasteiger partial charge in [0, 0.05) is 24.2 Å². The van der Waals surface area contributed by atoms with Crippen molar-refractivity contribution >= 4 is 32.4 Å². The number of sulfonamides is 1. The Bertz CT molecular complexity index is 1690. The van der Waals surface area contributed by atoms with Crippen LogP contribution in [0.4, 0.5) is 5.69 Å². The van der Waals surface area contributed by atoms with Gasteiger partial charge in [-0.15, -0.1) is 0 Å². The minimum absolute atomic E-state index is 0.00285. The van der Waals surface area contributed by atoms with Crippen molar-refractivity contribution in [2.24, 2.45) is 0 Å². The molecule has 4 aromatic rings. The summed E-state index contributed by atoms with van der Waals surface area (Å²) in [7, 11) is -3.59. The molecule has 0 spiro atoms. The number of hydrogen-bond donors (Lipinski definition) is 6. The second kappa shape index (κ2) is 12.8. The molecule has 10 heteroatoms. The second-order valence-electron chi connectivity index (χ2n) is 11.2. The molecule has 222 valence electrons. The zero-order valence-electron chi connectivity index (χ0n) is 23.9. The molecule has 0 radical (unpaired) electrons. The number of aliphatic hydroxyl groups is 1. The average molecular weight is 592 g/mol. The highest BCUT2D eigenvalue weighted by molar-refractivity contribution is 7.92. The number of aromatic hydroxyl groups is 2. The Morgan fingerprint density at radius 1 is 0.905 bits per heavy atom. The molecule has 0 unspecified atom stereocenters. The van der Waals surface area contributed by atoms with Crippen LogP contribution in [0.3, 0.4) is 0 Å². The fourth-order valence-corrected chi connectivity index (χ4v) is 5.46. The van der Waals surface area contributed by atoms with Crippen molar-refractivity contribution in [2.75, 3.05) is 17.5 Å². The predicted molar refractivity (Wildman–Crippen MR) is 165 cm³/mol. The van der Waals surface area contributed by atoms with Crippen LogP contribution >= 0.6 is 0 Å². The lowest BCUT2D eigenvalue weighted by atomic mass is 9.93. The van der Waals surface area contributed by atoms with Crippen LogP contribution in [-0.2, 0) is 34.2 Å². The van der Waals surface area contributed by atoms with E-state index in [4.69, 9.17) is 0 Å². The van der Waals surface area contributed by atoms with E-state index in [2.05, 4.69) is 15.4 Å². The van der Waals surface area contributed by atoms with Crippen LogP contribution in [0, 0.1) is 0 Å². The number of fused-ring (bicyclic) bond motifs is 1. The third-order valence-corrected chi connectivity index (χ3v) is 7.55. The van der Waals surface area contributed by atoms with Crippen molar-refractivity contribution in [3.05, 3.63) is 101 Å². The molecule has 1 atom stereocenters. The highest BCUT2D eigenvalue weighted by atomic mass is 32.2. The number of β-amino-alcohol motifs (C(OH)–C–C–N with tert-alkyl or cyclic N) is 1. The van der Waals surface area contributed by atoms with E-state index in [1.54, 1.807) is 6.07 Å². The second-order valence-corrected chi connectivity index (χ2v) is 12.9. The lowest BCUT2D eigenvalue weighted by Gasteiger charge is -2.28. The van der Waals surface area contributed by atoms with Gasteiger partial charge in [-0.3, -0.25) is 9.52 Å². The van der Waals surface area contributed by atoms with Gasteiger partial charge in [0.25, 0.3) is 0 Å². The van der Waals surface area contributed by atoms with Crippen molar-refractivity contribution in [1.82, 2.24) is 10.6 Å². The maximum Gasteiger partial charge on any atom is 0.229 e. The summed E-state index contributed by atoms with van der Waals surface area (Å²) in [5, 5.41) is 39.2. The fourth-order valence-electron chi connectivity index (χ4n) is 4.90. The van der Waals surface area contributed by atoms with Crippen molar-refractivity contribution in [3.8, 4) is 11.5 Å². The Balaban J connectivity index is 1.33. The molecule has 0 saturated carbocycles. The predicted octanol–water partition coefficient (Wildman–Crippen LogP) is 4.13. The Morgan fingerprint density at radius 3 is 2.38 bits per heavy atom. The van der Waals surface area contributed by atoms with Crippen molar-refractivity contribution in [1.29, 1.82) is 0 Å². The molecule has 4 rings (SSSR count). The van der Waals surface area contributed by atoms with Crippen LogP contribution in [0.5, 0.6) is 11.5 Å². The number of anilines is 1. The summed E-state index contributed by atoms with van der Waals surface area (Å²) in [5.74, 6) is -0.240.